The van der Waals surface area contributed by atoms with Gasteiger partial charge in [0.15, 0.2) is 0 Å². The minimum atomic E-state index is -0.636. The molecule has 4 rings (SSSR count). The number of ether oxygens (including phenoxy) is 2. The molecule has 2 N–H and O–H groups in total. The normalized spacial score (nSPS) is 15.1. The van der Waals surface area contributed by atoms with E-state index in [2.05, 4.69) is 10.6 Å². The average molecular weight is 495 g/mol. The number of rotatable bonds is 10. The van der Waals surface area contributed by atoms with Gasteiger partial charge in [-0.05, 0) is 31.0 Å². The third-order valence-electron chi connectivity index (χ3n) is 6.22. The summed E-state index contributed by atoms with van der Waals surface area (Å²) in [6.07, 6.45) is 1.74. The third kappa shape index (κ3) is 5.83. The molecular formula is C26H30N4O6. The van der Waals surface area contributed by atoms with Gasteiger partial charge < -0.3 is 20.1 Å². The van der Waals surface area contributed by atoms with Gasteiger partial charge in [0.25, 0.3) is 5.56 Å². The van der Waals surface area contributed by atoms with Gasteiger partial charge in [-0.2, -0.15) is 0 Å². The molecule has 0 unspecified atom stereocenters. The van der Waals surface area contributed by atoms with E-state index in [1.165, 1.54) is 4.57 Å². The fourth-order valence-electron chi connectivity index (χ4n) is 4.30. The number of nitrogens with zero attached hydrogens (tertiary/aromatic N) is 2. The zero-order valence-corrected chi connectivity index (χ0v) is 20.2. The molecule has 1 saturated heterocycles. The van der Waals surface area contributed by atoms with Crippen LogP contribution in [0.3, 0.4) is 0 Å². The lowest BCUT2D eigenvalue weighted by Crippen LogP contribution is -2.44. The van der Waals surface area contributed by atoms with Gasteiger partial charge in [-0.3, -0.25) is 23.5 Å². The Morgan fingerprint density at radius 3 is 2.58 bits per heavy atom. The van der Waals surface area contributed by atoms with E-state index < -0.39 is 11.2 Å². The van der Waals surface area contributed by atoms with Crippen LogP contribution in [-0.4, -0.2) is 47.3 Å². The van der Waals surface area contributed by atoms with Crippen molar-refractivity contribution in [1.82, 2.24) is 19.8 Å². The Balaban J connectivity index is 1.48. The number of nitrogens with one attached hydrogen (secondary N) is 2. The molecule has 2 heterocycles. The van der Waals surface area contributed by atoms with Crippen LogP contribution in [0, 0.1) is 0 Å². The van der Waals surface area contributed by atoms with Crippen LogP contribution in [0.5, 0.6) is 5.75 Å². The summed E-state index contributed by atoms with van der Waals surface area (Å²) in [5.41, 5.74) is 0.0527. The third-order valence-corrected chi connectivity index (χ3v) is 6.22. The van der Waals surface area contributed by atoms with Crippen molar-refractivity contribution < 1.29 is 19.1 Å². The van der Waals surface area contributed by atoms with Gasteiger partial charge in [-0.1, -0.05) is 30.3 Å². The Labute approximate surface area is 207 Å². The van der Waals surface area contributed by atoms with Crippen molar-refractivity contribution in [2.24, 2.45) is 0 Å². The molecule has 1 aromatic heterocycles. The molecule has 0 bridgehead atoms. The fraction of sp³-hybridized carbons (Fsp3) is 0.385. The average Bonchev–Trinajstić information content (AvgIpc) is 3.42. The van der Waals surface area contributed by atoms with E-state index >= 15 is 0 Å². The number of hydrogen-bond acceptors (Lipinski definition) is 6. The molecule has 10 nitrogen and oxygen atoms in total. The number of benzene rings is 2. The van der Waals surface area contributed by atoms with E-state index in [9.17, 15) is 19.2 Å². The molecule has 10 heteroatoms. The second-order valence-electron chi connectivity index (χ2n) is 8.62. The van der Waals surface area contributed by atoms with Gasteiger partial charge in [-0.25, -0.2) is 4.79 Å². The maximum Gasteiger partial charge on any atom is 0.331 e. The summed E-state index contributed by atoms with van der Waals surface area (Å²) >= 11 is 0. The van der Waals surface area contributed by atoms with Crippen LogP contribution in [0.4, 0.5) is 0 Å². The summed E-state index contributed by atoms with van der Waals surface area (Å²) in [7, 11) is 1.56. The fourth-order valence-corrected chi connectivity index (χ4v) is 4.30. The first-order chi connectivity index (χ1) is 17.5. The monoisotopic (exact) mass is 494 g/mol. The van der Waals surface area contributed by atoms with Crippen LogP contribution in [0.15, 0.2) is 58.1 Å². The van der Waals surface area contributed by atoms with Crippen molar-refractivity contribution in [2.75, 3.05) is 20.3 Å². The van der Waals surface area contributed by atoms with Gasteiger partial charge >= 0.3 is 5.69 Å². The van der Waals surface area contributed by atoms with Gasteiger partial charge in [0, 0.05) is 38.2 Å². The number of carbonyl (C=O) groups is 2. The molecule has 0 aliphatic carbocycles. The molecule has 2 amide bonds. The Hall–Kier alpha value is -3.92. The van der Waals surface area contributed by atoms with E-state index in [4.69, 9.17) is 9.47 Å². The van der Waals surface area contributed by atoms with Crippen LogP contribution >= 0.6 is 0 Å². The maximum absolute atomic E-state index is 13.2. The van der Waals surface area contributed by atoms with Crippen molar-refractivity contribution in [3.63, 3.8) is 0 Å². The molecule has 1 fully saturated rings. The minimum Gasteiger partial charge on any atom is -0.496 e. The van der Waals surface area contributed by atoms with Gasteiger partial charge in [-0.15, -0.1) is 0 Å². The highest BCUT2D eigenvalue weighted by molar-refractivity contribution is 5.81. The number of aromatic nitrogens is 2. The SMILES string of the molecule is COc1ccccc1CNC(=O)CCn1c(=O)c2ccccc2n(CC(=O)NC[C@H]2CCCO2)c1=O. The minimum absolute atomic E-state index is 0.0225. The smallest absolute Gasteiger partial charge is 0.331 e. The van der Waals surface area contributed by atoms with Crippen LogP contribution in [0.1, 0.15) is 24.8 Å². The van der Waals surface area contributed by atoms with Gasteiger partial charge in [0.1, 0.15) is 12.3 Å². The number of methoxy groups -OCH3 is 1. The summed E-state index contributed by atoms with van der Waals surface area (Å²) in [5, 5.41) is 5.90. The first-order valence-electron chi connectivity index (χ1n) is 12.0. The van der Waals surface area contributed by atoms with E-state index in [-0.39, 0.29) is 44.0 Å². The van der Waals surface area contributed by atoms with Crippen molar-refractivity contribution in [2.45, 2.75) is 45.0 Å². The zero-order chi connectivity index (χ0) is 25.5. The number of para-hydroxylation sites is 2. The lowest BCUT2D eigenvalue weighted by atomic mass is 10.2. The molecule has 1 aliphatic rings. The molecule has 0 saturated carbocycles. The topological polar surface area (TPSA) is 121 Å². The Bertz CT molecular complexity index is 1360. The van der Waals surface area contributed by atoms with Gasteiger partial charge in [0.05, 0.1) is 24.1 Å². The quantitative estimate of drug-likeness (QED) is 0.437. The molecule has 3 aromatic rings. The largest absolute Gasteiger partial charge is 0.496 e. The van der Waals surface area contributed by atoms with Crippen molar-refractivity contribution >= 4 is 22.7 Å². The summed E-state index contributed by atoms with van der Waals surface area (Å²) in [5.74, 6) is -0.0112. The summed E-state index contributed by atoms with van der Waals surface area (Å²) in [4.78, 5) is 51.4. The van der Waals surface area contributed by atoms with Crippen molar-refractivity contribution in [3.05, 3.63) is 74.9 Å². The molecule has 1 atom stereocenters. The first-order valence-corrected chi connectivity index (χ1v) is 12.0. The maximum atomic E-state index is 13.2. The zero-order valence-electron chi connectivity index (χ0n) is 20.2. The predicted octanol–water partition coefficient (Wildman–Crippen LogP) is 1.17. The molecule has 36 heavy (non-hydrogen) atoms. The second kappa shape index (κ2) is 11.7. The van der Waals surface area contributed by atoms with Crippen LogP contribution in [0.25, 0.3) is 10.9 Å². The number of amides is 2. The van der Waals surface area contributed by atoms with E-state index in [1.54, 1.807) is 37.4 Å². The number of carbonyl (C=O) groups excluding carboxylic acids is 2. The molecular weight excluding hydrogens is 464 g/mol. The van der Waals surface area contributed by atoms with E-state index in [0.717, 1.165) is 23.0 Å². The Kier molecular flexibility index (Phi) is 8.17. The lowest BCUT2D eigenvalue weighted by Gasteiger charge is -2.15. The van der Waals surface area contributed by atoms with Crippen LogP contribution < -0.4 is 26.6 Å². The second-order valence-corrected chi connectivity index (χ2v) is 8.62. The van der Waals surface area contributed by atoms with Crippen molar-refractivity contribution in [1.29, 1.82) is 0 Å². The van der Waals surface area contributed by atoms with E-state index in [0.29, 0.717) is 29.8 Å². The molecule has 0 spiro atoms. The molecule has 2 aromatic carbocycles. The Morgan fingerprint density at radius 2 is 1.81 bits per heavy atom. The predicted molar refractivity (Wildman–Crippen MR) is 134 cm³/mol. The highest BCUT2D eigenvalue weighted by Gasteiger charge is 2.19. The van der Waals surface area contributed by atoms with E-state index in [1.807, 2.05) is 18.2 Å². The Morgan fingerprint density at radius 1 is 1.03 bits per heavy atom. The first kappa shape index (κ1) is 25.2. The molecule has 190 valence electrons. The highest BCUT2D eigenvalue weighted by atomic mass is 16.5. The van der Waals surface area contributed by atoms with Crippen molar-refractivity contribution in [3.8, 4) is 5.75 Å². The van der Waals surface area contributed by atoms with Crippen LogP contribution in [-0.2, 0) is 34.0 Å². The standard InChI is InChI=1S/C26H30N4O6/c1-35-22-11-5-2-7-18(22)15-27-23(31)12-13-29-25(33)20-9-3-4-10-21(20)30(26(29)34)17-24(32)28-16-19-8-6-14-36-19/h2-5,7,9-11,19H,6,8,12-17H2,1H3,(H,27,31)(H,28,32)/t19-/m1/s1. The highest BCUT2D eigenvalue weighted by Crippen LogP contribution is 2.16. The summed E-state index contributed by atoms with van der Waals surface area (Å²) < 4.78 is 13.1. The summed E-state index contributed by atoms with van der Waals surface area (Å²) in [6, 6.07) is 14.0. The molecule has 1 aliphatic heterocycles. The number of fused-ring (bicyclic) bond motifs is 1. The molecule has 0 radical (unpaired) electrons. The van der Waals surface area contributed by atoms with Crippen LogP contribution in [0.2, 0.25) is 0 Å². The number of hydrogen-bond donors (Lipinski definition) is 2. The summed E-state index contributed by atoms with van der Waals surface area (Å²) in [6.45, 7) is 0.953. The van der Waals surface area contributed by atoms with Gasteiger partial charge in [0.2, 0.25) is 11.8 Å². The lowest BCUT2D eigenvalue weighted by molar-refractivity contribution is -0.122.